The van der Waals surface area contributed by atoms with Crippen LogP contribution in [-0.2, 0) is 4.74 Å². The first-order valence-electron chi connectivity index (χ1n) is 8.70. The zero-order chi connectivity index (χ0) is 17.9. The standard InChI is InChI=1S/C19H25N3O2S/c1-19(2,3)24-18(23)22-10-6-15(7-11-22)17(16-12-25-13-21-16)14-4-8-20-9-5-14/h4-5,8-9,12-13,15,17H,6-7,10-11H2,1-3H3. The van der Waals surface area contributed by atoms with Crippen LogP contribution in [0.25, 0.3) is 0 Å². The fourth-order valence-corrected chi connectivity index (χ4v) is 3.96. The molecule has 0 radical (unpaired) electrons. The van der Waals surface area contributed by atoms with Gasteiger partial charge in [-0.25, -0.2) is 9.78 Å². The number of piperidine rings is 1. The first-order chi connectivity index (χ1) is 11.9. The number of amides is 1. The monoisotopic (exact) mass is 359 g/mol. The number of likely N-dealkylation sites (tertiary alicyclic amines) is 1. The summed E-state index contributed by atoms with van der Waals surface area (Å²) in [6, 6.07) is 4.15. The molecule has 0 aromatic carbocycles. The third-order valence-corrected chi connectivity index (χ3v) is 5.10. The average molecular weight is 359 g/mol. The Bertz CT molecular complexity index is 674. The molecule has 3 heterocycles. The van der Waals surface area contributed by atoms with Gasteiger partial charge in [0, 0.05) is 36.8 Å². The molecule has 0 bridgehead atoms. The number of rotatable bonds is 3. The van der Waals surface area contributed by atoms with Crippen LogP contribution in [0.4, 0.5) is 4.79 Å². The minimum absolute atomic E-state index is 0.208. The number of thiazole rings is 1. The Morgan fingerprint density at radius 2 is 1.96 bits per heavy atom. The molecule has 6 heteroatoms. The largest absolute Gasteiger partial charge is 0.444 e. The van der Waals surface area contributed by atoms with Gasteiger partial charge in [-0.3, -0.25) is 4.98 Å². The molecule has 2 aromatic heterocycles. The SMILES string of the molecule is CC(C)(C)OC(=O)N1CCC(C(c2ccncc2)c2cscn2)CC1. The number of ether oxygens (including phenoxy) is 1. The van der Waals surface area contributed by atoms with Crippen molar-refractivity contribution in [2.24, 2.45) is 5.92 Å². The van der Waals surface area contributed by atoms with Crippen molar-refractivity contribution in [2.45, 2.75) is 45.1 Å². The molecule has 5 nitrogen and oxygen atoms in total. The molecular formula is C19H25N3O2S. The highest BCUT2D eigenvalue weighted by molar-refractivity contribution is 7.07. The van der Waals surface area contributed by atoms with Crippen molar-refractivity contribution >= 4 is 17.4 Å². The lowest BCUT2D eigenvalue weighted by Crippen LogP contribution is -2.42. The van der Waals surface area contributed by atoms with E-state index < -0.39 is 5.60 Å². The molecule has 0 spiro atoms. The van der Waals surface area contributed by atoms with Crippen LogP contribution in [-0.4, -0.2) is 39.7 Å². The summed E-state index contributed by atoms with van der Waals surface area (Å²) in [5.41, 5.74) is 3.80. The molecule has 1 fully saturated rings. The highest BCUT2D eigenvalue weighted by Gasteiger charge is 2.32. The molecule has 1 aliphatic heterocycles. The second kappa shape index (κ2) is 7.52. The van der Waals surface area contributed by atoms with Crippen LogP contribution in [0, 0.1) is 5.92 Å². The molecule has 134 valence electrons. The molecule has 0 N–H and O–H groups in total. The highest BCUT2D eigenvalue weighted by atomic mass is 32.1. The van der Waals surface area contributed by atoms with Crippen LogP contribution in [0.1, 0.15) is 50.8 Å². The number of carbonyl (C=O) groups excluding carboxylic acids is 1. The molecule has 25 heavy (non-hydrogen) atoms. The summed E-state index contributed by atoms with van der Waals surface area (Å²) in [6.45, 7) is 7.16. The lowest BCUT2D eigenvalue weighted by Gasteiger charge is -2.36. The number of carbonyl (C=O) groups is 1. The molecule has 3 rings (SSSR count). The summed E-state index contributed by atoms with van der Waals surface area (Å²) in [5, 5.41) is 2.13. The summed E-state index contributed by atoms with van der Waals surface area (Å²) in [5.74, 6) is 0.721. The van der Waals surface area contributed by atoms with Gasteiger partial charge in [-0.1, -0.05) is 0 Å². The zero-order valence-corrected chi connectivity index (χ0v) is 15.8. The molecule has 1 unspecified atom stereocenters. The minimum atomic E-state index is -0.450. The molecular weight excluding hydrogens is 334 g/mol. The predicted octanol–water partition coefficient (Wildman–Crippen LogP) is 4.32. The predicted molar refractivity (Wildman–Crippen MR) is 98.7 cm³/mol. The maximum atomic E-state index is 12.3. The van der Waals surface area contributed by atoms with Crippen molar-refractivity contribution in [1.82, 2.24) is 14.9 Å². The Morgan fingerprint density at radius 1 is 1.28 bits per heavy atom. The van der Waals surface area contributed by atoms with Gasteiger partial charge in [-0.05, 0) is 57.2 Å². The normalized spacial score (nSPS) is 17.3. The van der Waals surface area contributed by atoms with Crippen LogP contribution < -0.4 is 0 Å². The van der Waals surface area contributed by atoms with Crippen LogP contribution in [0.5, 0.6) is 0 Å². The van der Waals surface area contributed by atoms with Crippen molar-refractivity contribution in [3.05, 3.63) is 46.7 Å². The van der Waals surface area contributed by atoms with Gasteiger partial charge in [0.25, 0.3) is 0 Å². The van der Waals surface area contributed by atoms with E-state index >= 15 is 0 Å². The topological polar surface area (TPSA) is 55.3 Å². The smallest absolute Gasteiger partial charge is 0.410 e. The lowest BCUT2D eigenvalue weighted by atomic mass is 9.79. The van der Waals surface area contributed by atoms with E-state index in [-0.39, 0.29) is 12.0 Å². The van der Waals surface area contributed by atoms with Crippen molar-refractivity contribution in [3.8, 4) is 0 Å². The summed E-state index contributed by atoms with van der Waals surface area (Å²) in [7, 11) is 0. The zero-order valence-electron chi connectivity index (χ0n) is 15.0. The van der Waals surface area contributed by atoms with Gasteiger partial charge >= 0.3 is 6.09 Å². The van der Waals surface area contributed by atoms with Crippen LogP contribution >= 0.6 is 11.3 Å². The second-order valence-electron chi connectivity index (χ2n) is 7.48. The first kappa shape index (κ1) is 17.9. The summed E-state index contributed by atoms with van der Waals surface area (Å²) >= 11 is 1.63. The van der Waals surface area contributed by atoms with Gasteiger partial charge in [0.15, 0.2) is 0 Å². The molecule has 1 saturated heterocycles. The molecule has 0 aliphatic carbocycles. The van der Waals surface area contributed by atoms with Crippen LogP contribution in [0.15, 0.2) is 35.4 Å². The van der Waals surface area contributed by atoms with Crippen molar-refractivity contribution in [2.75, 3.05) is 13.1 Å². The Morgan fingerprint density at radius 3 is 2.52 bits per heavy atom. The summed E-state index contributed by atoms with van der Waals surface area (Å²) < 4.78 is 5.50. The van der Waals surface area contributed by atoms with Crippen molar-refractivity contribution < 1.29 is 9.53 Å². The molecule has 2 aromatic rings. The lowest BCUT2D eigenvalue weighted by molar-refractivity contribution is 0.0178. The number of pyridine rings is 1. The van der Waals surface area contributed by atoms with E-state index in [4.69, 9.17) is 4.74 Å². The Kier molecular flexibility index (Phi) is 5.37. The molecule has 0 saturated carbocycles. The van der Waals surface area contributed by atoms with Gasteiger partial charge in [-0.2, -0.15) is 0 Å². The van der Waals surface area contributed by atoms with Gasteiger partial charge in [0.2, 0.25) is 0 Å². The average Bonchev–Trinajstić information content (AvgIpc) is 3.09. The maximum Gasteiger partial charge on any atom is 0.410 e. The van der Waals surface area contributed by atoms with E-state index in [9.17, 15) is 4.79 Å². The molecule has 1 atom stereocenters. The van der Waals surface area contributed by atoms with E-state index in [0.29, 0.717) is 5.92 Å². The Labute approximate surface area is 153 Å². The summed E-state index contributed by atoms with van der Waals surface area (Å²) in [6.07, 6.45) is 5.36. The quantitative estimate of drug-likeness (QED) is 0.819. The number of hydrogen-bond acceptors (Lipinski definition) is 5. The van der Waals surface area contributed by atoms with E-state index in [1.807, 2.05) is 43.6 Å². The van der Waals surface area contributed by atoms with Gasteiger partial charge in [-0.15, -0.1) is 11.3 Å². The maximum absolute atomic E-state index is 12.3. The van der Waals surface area contributed by atoms with E-state index in [1.54, 1.807) is 11.3 Å². The van der Waals surface area contributed by atoms with E-state index in [2.05, 4.69) is 27.5 Å². The fourth-order valence-electron chi connectivity index (χ4n) is 3.37. The fraction of sp³-hybridized carbons (Fsp3) is 0.526. The third kappa shape index (κ3) is 4.57. The second-order valence-corrected chi connectivity index (χ2v) is 8.20. The molecule has 1 aliphatic rings. The van der Waals surface area contributed by atoms with Crippen LogP contribution in [0.3, 0.4) is 0 Å². The number of nitrogens with zero attached hydrogens (tertiary/aromatic N) is 3. The van der Waals surface area contributed by atoms with Gasteiger partial charge < -0.3 is 9.64 Å². The Hall–Kier alpha value is -1.95. The van der Waals surface area contributed by atoms with E-state index in [0.717, 1.165) is 31.6 Å². The minimum Gasteiger partial charge on any atom is -0.444 e. The molecule has 1 amide bonds. The summed E-state index contributed by atoms with van der Waals surface area (Å²) in [4.78, 5) is 22.8. The number of aromatic nitrogens is 2. The van der Waals surface area contributed by atoms with Crippen LogP contribution in [0.2, 0.25) is 0 Å². The van der Waals surface area contributed by atoms with Gasteiger partial charge in [0.05, 0.1) is 11.2 Å². The number of hydrogen-bond donors (Lipinski definition) is 0. The van der Waals surface area contributed by atoms with E-state index in [1.165, 1.54) is 5.56 Å². The third-order valence-electron chi connectivity index (χ3n) is 4.50. The first-order valence-corrected chi connectivity index (χ1v) is 9.64. The highest BCUT2D eigenvalue weighted by Crippen LogP contribution is 2.37. The van der Waals surface area contributed by atoms with Crippen molar-refractivity contribution in [1.29, 1.82) is 0 Å². The van der Waals surface area contributed by atoms with Gasteiger partial charge in [0.1, 0.15) is 5.60 Å². The van der Waals surface area contributed by atoms with Crippen molar-refractivity contribution in [3.63, 3.8) is 0 Å². The Balaban J connectivity index is 1.70.